The van der Waals surface area contributed by atoms with Crippen LogP contribution in [0.15, 0.2) is 285 Å². The highest BCUT2D eigenvalue weighted by Gasteiger charge is 2.28. The van der Waals surface area contributed by atoms with Gasteiger partial charge in [-0.15, -0.1) is 0 Å². The Labute approximate surface area is 749 Å². The fraction of sp³-hybridized carbons (Fsp3) is 0.292. The second-order valence-corrected chi connectivity index (χ2v) is 39.6. The average Bonchev–Trinajstić information content (AvgIpc) is 1.62. The van der Waals surface area contributed by atoms with Crippen molar-refractivity contribution >= 4 is 76.7 Å². The molecule has 126 heavy (non-hydrogen) atoms. The van der Waals surface area contributed by atoms with Crippen LogP contribution in [0.4, 0.5) is 0 Å². The maximum absolute atomic E-state index is 12.4. The Morgan fingerprint density at radius 1 is 0.365 bits per heavy atom. The summed E-state index contributed by atoms with van der Waals surface area (Å²) in [6.07, 6.45) is 7.81. The largest absolute Gasteiger partial charge is 0.383 e. The van der Waals surface area contributed by atoms with Gasteiger partial charge < -0.3 is 36.7 Å². The van der Waals surface area contributed by atoms with Crippen molar-refractivity contribution < 1.29 is 17.4 Å². The maximum Gasteiger partial charge on any atom is 0.205 e. The zero-order valence-electron chi connectivity index (χ0n) is 75.3. The van der Waals surface area contributed by atoms with Gasteiger partial charge in [0.25, 0.3) is 0 Å². The smallest absolute Gasteiger partial charge is 0.205 e. The molecule has 0 saturated carbocycles. The number of rotatable bonds is 29. The Morgan fingerprint density at radius 2 is 0.667 bits per heavy atom. The lowest BCUT2D eigenvalue weighted by Gasteiger charge is -2.21. The molecule has 17 nitrogen and oxygen atoms in total. The molecule has 16 aromatic rings. The maximum atomic E-state index is 12.4. The summed E-state index contributed by atoms with van der Waals surface area (Å²) in [5.74, 6) is 1.49. The molecular weight excluding hydrogens is 1620 g/mol. The summed E-state index contributed by atoms with van der Waals surface area (Å²) in [5, 5.41) is 37.0. The number of methoxy groups -OCH3 is 1. The number of ether oxygens (including phenoxy) is 1. The van der Waals surface area contributed by atoms with E-state index < -0.39 is 20.6 Å². The van der Waals surface area contributed by atoms with Gasteiger partial charge in [0.2, 0.25) is 22.5 Å². The molecule has 0 radical (unpaired) electrons. The number of aryl methyl sites for hydroxylation is 8. The molecule has 6 atom stereocenters. The number of benzene rings is 11. The molecule has 16 rings (SSSR count). The van der Waals surface area contributed by atoms with Crippen LogP contribution in [0.2, 0.25) is 0 Å². The molecule has 11 aromatic carbocycles. The first-order chi connectivity index (χ1) is 60.5. The van der Waals surface area contributed by atoms with Gasteiger partial charge in [0, 0.05) is 48.1 Å². The molecule has 5 aromatic heterocycles. The number of nitrogens with one attached hydrogen (secondary N) is 4. The number of thioether (sulfide) groups is 1. The predicted octanol–water partition coefficient (Wildman–Crippen LogP) is 20.7. The summed E-state index contributed by atoms with van der Waals surface area (Å²) in [7, 11) is -2.51. The summed E-state index contributed by atoms with van der Waals surface area (Å²) < 4.78 is 59.1. The molecule has 0 spiro atoms. The minimum Gasteiger partial charge on any atom is -0.383 e. The number of hydrogen-bond acceptors (Lipinski definition) is 10. The molecule has 20 heteroatoms. The molecule has 652 valence electrons. The van der Waals surface area contributed by atoms with Crippen molar-refractivity contribution in [3.8, 4) is 0 Å². The van der Waals surface area contributed by atoms with Crippen LogP contribution in [0.1, 0.15) is 140 Å². The Kier molecular flexibility index (Phi) is 30.5. The van der Waals surface area contributed by atoms with Crippen molar-refractivity contribution in [1.82, 2.24) is 41.5 Å². The van der Waals surface area contributed by atoms with Crippen LogP contribution in [0.3, 0.4) is 0 Å². The average molecular weight is 1740 g/mol. The third-order valence-corrected chi connectivity index (χ3v) is 26.6. The Balaban J connectivity index is 0.000000144. The lowest BCUT2D eigenvalue weighted by molar-refractivity contribution is 0.153. The molecule has 0 aliphatic carbocycles. The fourth-order valence-corrected chi connectivity index (χ4v) is 19.5. The third-order valence-electron chi connectivity index (χ3n) is 23.5. The van der Waals surface area contributed by atoms with E-state index in [1.165, 1.54) is 78.6 Å². The van der Waals surface area contributed by atoms with Crippen LogP contribution >= 0.6 is 11.8 Å². The van der Waals surface area contributed by atoms with E-state index >= 15 is 0 Å². The molecule has 0 saturated heterocycles. The highest BCUT2D eigenvalue weighted by molar-refractivity contribution is 7.99. The summed E-state index contributed by atoms with van der Waals surface area (Å²) in [4.78, 5) is 4.68. The van der Waals surface area contributed by atoms with Gasteiger partial charge in [-0.2, -0.15) is 11.8 Å². The van der Waals surface area contributed by atoms with E-state index in [0.717, 1.165) is 86.0 Å². The Bertz CT molecular complexity index is 6760. The Morgan fingerprint density at radius 3 is 1.01 bits per heavy atom. The van der Waals surface area contributed by atoms with Crippen LogP contribution in [-0.2, 0) is 70.7 Å². The standard InChI is InChI=1S/C28H33N3S.C26H30N4O.C26H29N3O2S.C26H29N3OS/c1-20(2)32-19-25(17-23-13-9-21(3)10-14-23)31-27-8-6-5-7-26(27)30(28(31)29)18-24-15-11-22(4)12-16-24;1-18-7-11-21(12-8-18)16-23(17-31-4)30-25-24(6-5-15-28-25)29(26(30)27)20(3)22-13-9-19(2)10-14-22;1-19-8-12-21(13-9-19)16-23(18-32(3,30)31)29-25-7-5-4-6-24(25)28(26(29)27)17-22-14-10-20(2)11-15-22;1-19-8-12-21(13-9-19)16-23(18-31(3)30)29-25-7-5-4-6-24(25)28(26(29)27)17-22-14-10-20(2)11-15-22/h5-16,20,25,29H,17-19H2,1-4H3;5-15,20,23,27H,16-17H2,1-4H3;4-15,23,27H,16-18H2,1-3H3;4-15,23,27H,16-18H2,1-3H3/t25-;20?,23-;23-;23-,31?/m0000/s1. The van der Waals surface area contributed by atoms with Crippen molar-refractivity contribution in [3.05, 3.63) is 397 Å². The van der Waals surface area contributed by atoms with Crippen LogP contribution in [0.25, 0.3) is 44.3 Å². The first-order valence-electron chi connectivity index (χ1n) is 43.4. The number of pyridine rings is 1. The summed E-state index contributed by atoms with van der Waals surface area (Å²) >= 11 is 1.98. The van der Waals surface area contributed by atoms with Crippen LogP contribution in [-0.4, -0.2) is 103 Å². The van der Waals surface area contributed by atoms with E-state index in [4.69, 9.17) is 21.0 Å². The highest BCUT2D eigenvalue weighted by atomic mass is 32.2. The lowest BCUT2D eigenvalue weighted by Crippen LogP contribution is -2.32. The molecule has 0 aliphatic rings. The number of fused-ring (bicyclic) bond motifs is 4. The predicted molar refractivity (Wildman–Crippen MR) is 521 cm³/mol. The van der Waals surface area contributed by atoms with Gasteiger partial charge in [0.1, 0.15) is 9.84 Å². The number of imidazole rings is 4. The minimum atomic E-state index is -3.25. The first-order valence-corrected chi connectivity index (χ1v) is 48.3. The van der Waals surface area contributed by atoms with Gasteiger partial charge in [-0.1, -0.05) is 289 Å². The SMILES string of the molecule is COC[C@H](Cc1ccc(C)cc1)n1c(=N)n(C(C)c2ccc(C)cc2)c2cccnc21.Cc1ccc(C[C@@H](CS(C)(=O)=O)n2c(=N)n(Cc3ccc(C)cc3)c3ccccc32)cc1.Cc1ccc(C[C@@H](CS(C)=O)n2c(=N)n(Cc3ccc(C)cc3)c3ccccc32)cc1.Cc1ccc(C[C@@H](CSC(C)C)n2c(=N)n(Cc3ccc(C)cc3)c3ccccc32)cc1. The number of aromatic nitrogens is 9. The van der Waals surface area contributed by atoms with Crippen molar-refractivity contribution in [2.75, 3.05) is 43.5 Å². The summed E-state index contributed by atoms with van der Waals surface area (Å²) in [6.45, 7) is 25.7. The monoisotopic (exact) mass is 1740 g/mol. The normalized spacial score (nSPS) is 13.0. The zero-order chi connectivity index (χ0) is 89.5. The van der Waals surface area contributed by atoms with Gasteiger partial charge in [0.05, 0.1) is 101 Å². The van der Waals surface area contributed by atoms with Gasteiger partial charge in [-0.05, 0) is 186 Å². The topological polar surface area (TPSA) is 208 Å². The highest BCUT2D eigenvalue weighted by Crippen LogP contribution is 2.31. The van der Waals surface area contributed by atoms with Crippen molar-refractivity contribution in [2.45, 2.75) is 157 Å². The number of para-hydroxylation sites is 6. The zero-order valence-corrected chi connectivity index (χ0v) is 77.7. The summed E-state index contributed by atoms with van der Waals surface area (Å²) in [6, 6.07) is 96.4. The van der Waals surface area contributed by atoms with Gasteiger partial charge in [0.15, 0.2) is 5.65 Å². The van der Waals surface area contributed by atoms with Crippen molar-refractivity contribution in [3.63, 3.8) is 0 Å². The molecule has 0 bridgehead atoms. The Hall–Kier alpha value is -11.9. The second kappa shape index (κ2) is 41.9. The van der Waals surface area contributed by atoms with E-state index in [1.807, 2.05) is 99.1 Å². The first kappa shape index (κ1) is 91.7. The quantitative estimate of drug-likeness (QED) is 0.0358. The van der Waals surface area contributed by atoms with Crippen molar-refractivity contribution in [1.29, 1.82) is 21.6 Å². The van der Waals surface area contributed by atoms with E-state index in [9.17, 15) is 18.0 Å². The molecule has 0 aliphatic heterocycles. The van der Waals surface area contributed by atoms with Crippen LogP contribution in [0.5, 0.6) is 0 Å². The molecule has 5 heterocycles. The van der Waals surface area contributed by atoms with Gasteiger partial charge in [-0.3, -0.25) is 30.4 Å². The van der Waals surface area contributed by atoms with E-state index in [-0.39, 0.29) is 36.0 Å². The summed E-state index contributed by atoms with van der Waals surface area (Å²) in [5.41, 5.74) is 29.0. The molecule has 2 unspecified atom stereocenters. The molecule has 0 fully saturated rings. The van der Waals surface area contributed by atoms with E-state index in [2.05, 4.69) is 309 Å². The second-order valence-electron chi connectivity index (χ2n) is 34.3. The van der Waals surface area contributed by atoms with Gasteiger partial charge in [-0.25, -0.2) is 13.4 Å². The van der Waals surface area contributed by atoms with Gasteiger partial charge >= 0.3 is 0 Å². The van der Waals surface area contributed by atoms with Crippen LogP contribution < -0.4 is 22.5 Å². The molecular formula is C106H121N13O4S3. The van der Waals surface area contributed by atoms with Crippen LogP contribution in [0, 0.1) is 77.0 Å². The van der Waals surface area contributed by atoms with E-state index in [0.29, 0.717) is 66.1 Å². The molecule has 0 amide bonds. The lowest BCUT2D eigenvalue weighted by atomic mass is 10.0. The number of hydrogen-bond donors (Lipinski definition) is 4. The van der Waals surface area contributed by atoms with Crippen molar-refractivity contribution in [2.24, 2.45) is 0 Å². The number of sulfone groups is 1. The number of nitrogens with zero attached hydrogens (tertiary/aromatic N) is 9. The van der Waals surface area contributed by atoms with E-state index in [1.54, 1.807) is 19.6 Å². The molecule has 4 N–H and O–H groups in total. The third kappa shape index (κ3) is 23.0. The fourth-order valence-electron chi connectivity index (χ4n) is 16.8. The minimum absolute atomic E-state index is 0.0172.